The van der Waals surface area contributed by atoms with E-state index in [0.29, 0.717) is 6.10 Å². The molecule has 0 aliphatic carbocycles. The van der Waals surface area contributed by atoms with Crippen molar-refractivity contribution in [2.45, 2.75) is 26.5 Å². The van der Waals surface area contributed by atoms with Crippen LogP contribution in [0.15, 0.2) is 30.5 Å². The van der Waals surface area contributed by atoms with Crippen molar-refractivity contribution in [3.05, 3.63) is 36.0 Å². The maximum atomic E-state index is 5.90. The van der Waals surface area contributed by atoms with Gasteiger partial charge in [0, 0.05) is 24.8 Å². The lowest BCUT2D eigenvalue weighted by molar-refractivity contribution is -0.0337. The smallest absolute Gasteiger partial charge is 0.0881 e. The molecule has 0 saturated carbocycles. The molecule has 1 unspecified atom stereocenters. The molecule has 1 aromatic heterocycles. The van der Waals surface area contributed by atoms with Crippen molar-refractivity contribution in [3.8, 4) is 0 Å². The number of rotatable bonds is 3. The molecule has 0 radical (unpaired) electrons. The Bertz CT molecular complexity index is 561. The minimum absolute atomic E-state index is 0.310. The van der Waals surface area contributed by atoms with Crippen LogP contribution in [0.25, 0.3) is 10.9 Å². The van der Waals surface area contributed by atoms with Gasteiger partial charge in [0.05, 0.1) is 19.3 Å². The van der Waals surface area contributed by atoms with E-state index in [2.05, 4.69) is 53.8 Å². The third-order valence-electron chi connectivity index (χ3n) is 4.00. The maximum absolute atomic E-state index is 5.90. The zero-order valence-corrected chi connectivity index (χ0v) is 11.8. The van der Waals surface area contributed by atoms with Crippen molar-refractivity contribution in [2.24, 2.45) is 0 Å². The fraction of sp³-hybridized carbons (Fsp3) is 0.500. The summed E-state index contributed by atoms with van der Waals surface area (Å²) < 4.78 is 8.23. The highest BCUT2D eigenvalue weighted by molar-refractivity contribution is 5.80. The van der Waals surface area contributed by atoms with E-state index in [1.165, 1.54) is 16.5 Å². The molecular weight excluding hydrogens is 236 g/mol. The van der Waals surface area contributed by atoms with Crippen molar-refractivity contribution in [3.63, 3.8) is 0 Å². The number of hydrogen-bond acceptors (Lipinski definition) is 2. The maximum Gasteiger partial charge on any atom is 0.0881 e. The second-order valence-electron chi connectivity index (χ2n) is 5.42. The molecule has 102 valence electrons. The average Bonchev–Trinajstić information content (AvgIpc) is 2.81. The largest absolute Gasteiger partial charge is 0.374 e. The lowest BCUT2D eigenvalue weighted by Gasteiger charge is -2.32. The summed E-state index contributed by atoms with van der Waals surface area (Å²) in [6, 6.07) is 8.81. The van der Waals surface area contributed by atoms with Crippen LogP contribution in [0.2, 0.25) is 0 Å². The summed E-state index contributed by atoms with van der Waals surface area (Å²) in [6.45, 7) is 9.40. The molecule has 1 aromatic carbocycles. The molecule has 0 amide bonds. The Morgan fingerprint density at radius 2 is 2.21 bits per heavy atom. The number of nitrogens with zero attached hydrogens (tertiary/aromatic N) is 2. The zero-order valence-electron chi connectivity index (χ0n) is 11.8. The number of hydrogen-bond donors (Lipinski definition) is 0. The van der Waals surface area contributed by atoms with Gasteiger partial charge in [0.1, 0.15) is 0 Å². The number of ether oxygens (including phenoxy) is 1. The highest BCUT2D eigenvalue weighted by Gasteiger charge is 2.19. The van der Waals surface area contributed by atoms with Crippen LogP contribution in [-0.4, -0.2) is 41.8 Å². The molecule has 1 aliphatic rings. The summed E-state index contributed by atoms with van der Waals surface area (Å²) in [5, 5.41) is 1.31. The Morgan fingerprint density at radius 1 is 1.32 bits per heavy atom. The summed E-state index contributed by atoms with van der Waals surface area (Å²) in [6.07, 6.45) is 2.49. The van der Waals surface area contributed by atoms with Crippen LogP contribution in [0.1, 0.15) is 12.5 Å². The normalized spacial score (nSPS) is 21.1. The molecule has 1 atom stereocenters. The van der Waals surface area contributed by atoms with Crippen molar-refractivity contribution < 1.29 is 4.74 Å². The molecule has 2 aromatic rings. The van der Waals surface area contributed by atoms with Gasteiger partial charge < -0.3 is 9.30 Å². The van der Waals surface area contributed by atoms with Gasteiger partial charge in [-0.15, -0.1) is 0 Å². The molecular formula is C16H22N2O. The van der Waals surface area contributed by atoms with E-state index in [1.807, 2.05) is 0 Å². The first-order valence-corrected chi connectivity index (χ1v) is 7.15. The van der Waals surface area contributed by atoms with E-state index >= 15 is 0 Å². The molecule has 3 nitrogen and oxygen atoms in total. The summed E-state index contributed by atoms with van der Waals surface area (Å²) in [5.41, 5.74) is 2.63. The van der Waals surface area contributed by atoms with Crippen molar-refractivity contribution in [1.29, 1.82) is 0 Å². The summed E-state index contributed by atoms with van der Waals surface area (Å²) in [7, 11) is 0. The van der Waals surface area contributed by atoms with E-state index in [-0.39, 0.29) is 0 Å². The second-order valence-corrected chi connectivity index (χ2v) is 5.42. The highest BCUT2D eigenvalue weighted by Crippen LogP contribution is 2.19. The van der Waals surface area contributed by atoms with Gasteiger partial charge in [-0.2, -0.15) is 0 Å². The van der Waals surface area contributed by atoms with Gasteiger partial charge in [-0.3, -0.25) is 4.90 Å². The lowest BCUT2D eigenvalue weighted by Crippen LogP contribution is -2.43. The topological polar surface area (TPSA) is 17.4 Å². The highest BCUT2D eigenvalue weighted by atomic mass is 16.5. The van der Waals surface area contributed by atoms with Crippen LogP contribution < -0.4 is 0 Å². The van der Waals surface area contributed by atoms with Gasteiger partial charge in [-0.25, -0.2) is 0 Å². The first-order chi connectivity index (χ1) is 9.26. The molecule has 2 heterocycles. The summed E-state index contributed by atoms with van der Waals surface area (Å²) in [5.74, 6) is 0. The molecule has 19 heavy (non-hydrogen) atoms. The quantitative estimate of drug-likeness (QED) is 0.842. The standard InChI is InChI=1S/C16H22N2O/c1-3-17-8-9-19-15(11-17)12-18-7-6-14-5-4-13(2)10-16(14)18/h4-7,10,15H,3,8-9,11-12H2,1-2H3. The number of fused-ring (bicyclic) bond motifs is 1. The number of benzene rings is 1. The molecule has 3 heteroatoms. The third kappa shape index (κ3) is 2.67. The predicted octanol–water partition coefficient (Wildman–Crippen LogP) is 2.67. The fourth-order valence-corrected chi connectivity index (χ4v) is 2.85. The van der Waals surface area contributed by atoms with E-state index in [9.17, 15) is 0 Å². The minimum Gasteiger partial charge on any atom is -0.374 e. The van der Waals surface area contributed by atoms with Crippen LogP contribution >= 0.6 is 0 Å². The zero-order chi connectivity index (χ0) is 13.2. The number of likely N-dealkylation sites (N-methyl/N-ethyl adjacent to an activating group) is 1. The monoisotopic (exact) mass is 258 g/mol. The molecule has 1 saturated heterocycles. The van der Waals surface area contributed by atoms with Crippen LogP contribution in [0, 0.1) is 6.92 Å². The van der Waals surface area contributed by atoms with Crippen LogP contribution in [0.3, 0.4) is 0 Å². The first-order valence-electron chi connectivity index (χ1n) is 7.15. The lowest BCUT2D eigenvalue weighted by atomic mass is 10.2. The van der Waals surface area contributed by atoms with E-state index in [1.54, 1.807) is 0 Å². The molecule has 1 aliphatic heterocycles. The predicted molar refractivity (Wildman–Crippen MR) is 78.5 cm³/mol. The molecule has 0 bridgehead atoms. The van der Waals surface area contributed by atoms with E-state index in [0.717, 1.165) is 32.8 Å². The van der Waals surface area contributed by atoms with E-state index < -0.39 is 0 Å². The Morgan fingerprint density at radius 3 is 3.05 bits per heavy atom. The molecule has 1 fully saturated rings. The van der Waals surface area contributed by atoms with Crippen molar-refractivity contribution >= 4 is 10.9 Å². The second kappa shape index (κ2) is 5.35. The van der Waals surface area contributed by atoms with Crippen LogP contribution in [0.4, 0.5) is 0 Å². The summed E-state index contributed by atoms with van der Waals surface area (Å²) >= 11 is 0. The Kier molecular flexibility index (Phi) is 3.58. The molecule has 3 rings (SSSR count). The van der Waals surface area contributed by atoms with Gasteiger partial charge in [-0.1, -0.05) is 19.1 Å². The number of aryl methyl sites for hydroxylation is 1. The number of morpholine rings is 1. The fourth-order valence-electron chi connectivity index (χ4n) is 2.85. The van der Waals surface area contributed by atoms with Gasteiger partial charge in [0.15, 0.2) is 0 Å². The Balaban J connectivity index is 1.79. The van der Waals surface area contributed by atoms with Gasteiger partial charge >= 0.3 is 0 Å². The third-order valence-corrected chi connectivity index (χ3v) is 4.00. The Hall–Kier alpha value is -1.32. The van der Waals surface area contributed by atoms with Crippen molar-refractivity contribution in [1.82, 2.24) is 9.47 Å². The van der Waals surface area contributed by atoms with Gasteiger partial charge in [0.25, 0.3) is 0 Å². The van der Waals surface area contributed by atoms with Crippen LogP contribution in [0.5, 0.6) is 0 Å². The van der Waals surface area contributed by atoms with E-state index in [4.69, 9.17) is 4.74 Å². The SMILES string of the molecule is CCN1CCOC(Cn2ccc3ccc(C)cc32)C1. The van der Waals surface area contributed by atoms with Crippen molar-refractivity contribution in [2.75, 3.05) is 26.2 Å². The molecule has 0 spiro atoms. The number of aromatic nitrogens is 1. The molecule has 0 N–H and O–H groups in total. The van der Waals surface area contributed by atoms with Gasteiger partial charge in [0.2, 0.25) is 0 Å². The first kappa shape index (κ1) is 12.7. The Labute approximate surface area is 114 Å². The van der Waals surface area contributed by atoms with Gasteiger partial charge in [-0.05, 0) is 36.6 Å². The minimum atomic E-state index is 0.310. The average molecular weight is 258 g/mol. The van der Waals surface area contributed by atoms with Crippen LogP contribution in [-0.2, 0) is 11.3 Å². The summed E-state index contributed by atoms with van der Waals surface area (Å²) in [4.78, 5) is 2.46.